The Hall–Kier alpha value is -2.76. The number of halogens is 5. The lowest BCUT2D eigenvalue weighted by Gasteiger charge is -2.40. The fourth-order valence-electron chi connectivity index (χ4n) is 3.95. The Morgan fingerprint density at radius 2 is 2.03 bits per heavy atom. The number of fused-ring (bicyclic) bond motifs is 1. The third kappa shape index (κ3) is 3.95. The first-order valence-electron chi connectivity index (χ1n) is 9.76. The van der Waals surface area contributed by atoms with Crippen LogP contribution in [0.3, 0.4) is 0 Å². The van der Waals surface area contributed by atoms with E-state index in [0.717, 1.165) is 9.47 Å². The van der Waals surface area contributed by atoms with Crippen molar-refractivity contribution < 1.29 is 26.7 Å². The molecule has 168 valence electrons. The summed E-state index contributed by atoms with van der Waals surface area (Å²) >= 11 is 0. The van der Waals surface area contributed by atoms with Crippen molar-refractivity contribution in [2.45, 2.75) is 44.7 Å². The highest BCUT2D eigenvalue weighted by atomic mass is 19.4. The van der Waals surface area contributed by atoms with Crippen molar-refractivity contribution in [2.75, 3.05) is 29.6 Å². The molecule has 2 aromatic rings. The van der Waals surface area contributed by atoms with Gasteiger partial charge in [0.25, 0.3) is 5.56 Å². The number of rotatable bonds is 3. The van der Waals surface area contributed by atoms with Gasteiger partial charge in [-0.05, 0) is 19.4 Å². The van der Waals surface area contributed by atoms with Crippen molar-refractivity contribution in [3.63, 3.8) is 0 Å². The Balaban J connectivity index is 1.85. The van der Waals surface area contributed by atoms with Gasteiger partial charge in [-0.25, -0.2) is 4.98 Å². The van der Waals surface area contributed by atoms with E-state index < -0.39 is 42.5 Å². The molecule has 2 aromatic heterocycles. The van der Waals surface area contributed by atoms with Crippen LogP contribution >= 0.6 is 0 Å². The molecule has 0 saturated carbocycles. The summed E-state index contributed by atoms with van der Waals surface area (Å²) in [7, 11) is 0. The molecule has 2 unspecified atom stereocenters. The minimum atomic E-state index is -4.66. The molecule has 2 aliphatic rings. The minimum absolute atomic E-state index is 0.0925. The van der Waals surface area contributed by atoms with E-state index in [-0.39, 0.29) is 49.7 Å². The molecule has 1 saturated heterocycles. The normalized spacial score (nSPS) is 21.9. The fourth-order valence-corrected chi connectivity index (χ4v) is 3.95. The summed E-state index contributed by atoms with van der Waals surface area (Å²) < 4.78 is 76.7. The van der Waals surface area contributed by atoms with E-state index in [1.54, 1.807) is 6.92 Å². The molecule has 0 spiro atoms. The molecule has 0 aromatic carbocycles. The summed E-state index contributed by atoms with van der Waals surface area (Å²) in [6.07, 6.45) is -3.98. The number of hydrogen-bond donors (Lipinski definition) is 0. The van der Waals surface area contributed by atoms with Crippen LogP contribution in [-0.4, -0.2) is 52.6 Å². The number of alkyl halides is 3. The molecule has 7 nitrogen and oxygen atoms in total. The Bertz CT molecular complexity index is 1030. The van der Waals surface area contributed by atoms with Crippen LogP contribution in [0, 0.1) is 11.8 Å². The largest absolute Gasteiger partial charge is 0.408 e. The summed E-state index contributed by atoms with van der Waals surface area (Å²) in [5.41, 5.74) is -1.15. The van der Waals surface area contributed by atoms with Crippen molar-refractivity contribution in [1.82, 2.24) is 14.5 Å². The molecule has 0 bridgehead atoms. The van der Waals surface area contributed by atoms with Gasteiger partial charge in [-0.2, -0.15) is 26.9 Å². The average molecular weight is 445 g/mol. The highest BCUT2D eigenvalue weighted by Crippen LogP contribution is 2.36. The van der Waals surface area contributed by atoms with Crippen LogP contribution in [0.1, 0.15) is 18.9 Å². The van der Waals surface area contributed by atoms with E-state index in [1.807, 2.05) is 0 Å². The second-order valence-corrected chi connectivity index (χ2v) is 7.55. The maximum Gasteiger partial charge on any atom is 0.408 e. The molecule has 0 N–H and O–H groups in total. The molecule has 31 heavy (non-hydrogen) atoms. The van der Waals surface area contributed by atoms with Gasteiger partial charge < -0.3 is 14.5 Å². The zero-order valence-electron chi connectivity index (χ0n) is 16.6. The third-order valence-corrected chi connectivity index (χ3v) is 5.53. The van der Waals surface area contributed by atoms with Gasteiger partial charge in [-0.1, -0.05) is 6.07 Å². The van der Waals surface area contributed by atoms with Crippen LogP contribution in [0.5, 0.6) is 0 Å². The van der Waals surface area contributed by atoms with Crippen LogP contribution in [-0.2, 0) is 17.8 Å². The molecular weight excluding hydrogens is 425 g/mol. The minimum Gasteiger partial charge on any atom is -0.377 e. The van der Waals surface area contributed by atoms with Crippen LogP contribution in [0.4, 0.5) is 33.7 Å². The number of morpholine rings is 1. The number of hydrogen-bond acceptors (Lipinski definition) is 6. The molecule has 0 amide bonds. The lowest BCUT2D eigenvalue weighted by Crippen LogP contribution is -2.53. The predicted octanol–water partition coefficient (Wildman–Crippen LogP) is 2.48. The number of nitrogens with zero attached hydrogens (tertiary/aromatic N) is 5. The second kappa shape index (κ2) is 8.06. The summed E-state index contributed by atoms with van der Waals surface area (Å²) in [5.74, 6) is -2.73. The zero-order chi connectivity index (χ0) is 22.3. The van der Waals surface area contributed by atoms with Gasteiger partial charge in [0, 0.05) is 24.8 Å². The van der Waals surface area contributed by atoms with Gasteiger partial charge in [-0.3, -0.25) is 9.36 Å². The van der Waals surface area contributed by atoms with Crippen LogP contribution in [0.2, 0.25) is 0 Å². The molecule has 1 fully saturated rings. The first-order chi connectivity index (χ1) is 14.7. The van der Waals surface area contributed by atoms with E-state index in [0.29, 0.717) is 0 Å². The monoisotopic (exact) mass is 445 g/mol. The molecule has 0 aliphatic carbocycles. The fraction of sp³-hybridized carbons (Fsp3) is 0.526. The topological polar surface area (TPSA) is 63.5 Å². The highest BCUT2D eigenvalue weighted by molar-refractivity contribution is 5.49. The summed E-state index contributed by atoms with van der Waals surface area (Å²) in [6, 6.07) is 0.363. The molecule has 12 heteroatoms. The average Bonchev–Trinajstić information content (AvgIpc) is 2.72. The van der Waals surface area contributed by atoms with Gasteiger partial charge >= 0.3 is 6.18 Å². The first kappa shape index (κ1) is 21.5. The quantitative estimate of drug-likeness (QED) is 0.535. The molecule has 2 aliphatic heterocycles. The molecule has 4 heterocycles. The van der Waals surface area contributed by atoms with Crippen molar-refractivity contribution >= 4 is 11.8 Å². The van der Waals surface area contributed by atoms with Crippen molar-refractivity contribution in [1.29, 1.82) is 0 Å². The smallest absolute Gasteiger partial charge is 0.377 e. The second-order valence-electron chi connectivity index (χ2n) is 7.55. The Kier molecular flexibility index (Phi) is 5.58. The van der Waals surface area contributed by atoms with E-state index in [9.17, 15) is 26.7 Å². The predicted molar refractivity (Wildman–Crippen MR) is 101 cm³/mol. The Morgan fingerprint density at radius 3 is 2.71 bits per heavy atom. The SMILES string of the molecule is CC1COCCN1c1nc2n(c(=O)c1F)CCC(C(F)(F)F)N2Cc1cccnc1F. The van der Waals surface area contributed by atoms with E-state index >= 15 is 0 Å². The lowest BCUT2D eigenvalue weighted by atomic mass is 10.1. The van der Waals surface area contributed by atoms with Crippen molar-refractivity contribution in [3.8, 4) is 0 Å². The van der Waals surface area contributed by atoms with Crippen molar-refractivity contribution in [2.24, 2.45) is 0 Å². The van der Waals surface area contributed by atoms with E-state index in [1.165, 1.54) is 23.2 Å². The summed E-state index contributed by atoms with van der Waals surface area (Å²) in [6.45, 7) is 1.61. The number of aromatic nitrogens is 3. The zero-order valence-corrected chi connectivity index (χ0v) is 16.6. The van der Waals surface area contributed by atoms with Crippen molar-refractivity contribution in [3.05, 3.63) is 46.0 Å². The van der Waals surface area contributed by atoms with Gasteiger partial charge in [-0.15, -0.1) is 0 Å². The van der Waals surface area contributed by atoms with Crippen LogP contribution in [0.15, 0.2) is 23.1 Å². The Morgan fingerprint density at radius 1 is 1.26 bits per heavy atom. The van der Waals surface area contributed by atoms with Crippen LogP contribution in [0.25, 0.3) is 0 Å². The summed E-state index contributed by atoms with van der Waals surface area (Å²) in [4.78, 5) is 22.6. The van der Waals surface area contributed by atoms with Gasteiger partial charge in [0.05, 0.1) is 25.8 Å². The number of ether oxygens (including phenoxy) is 1. The van der Waals surface area contributed by atoms with E-state index in [2.05, 4.69) is 9.97 Å². The maximum atomic E-state index is 14.9. The summed E-state index contributed by atoms with van der Waals surface area (Å²) in [5, 5.41) is 0. The third-order valence-electron chi connectivity index (χ3n) is 5.53. The maximum absolute atomic E-state index is 14.9. The number of anilines is 2. The molecular formula is C19H20F5N5O2. The molecule has 2 atom stereocenters. The van der Waals surface area contributed by atoms with Gasteiger partial charge in [0.1, 0.15) is 6.04 Å². The standard InChI is InChI=1S/C19H20F5N5O2/c1-11-10-31-8-7-27(11)16-14(20)17(30)28-6-4-13(19(22,23)24)29(18(28)26-16)9-12-3-2-5-25-15(12)21/h2-3,5,11,13H,4,6-10H2,1H3. The molecule has 0 radical (unpaired) electrons. The van der Waals surface area contributed by atoms with E-state index in [4.69, 9.17) is 4.74 Å². The van der Waals surface area contributed by atoms with Gasteiger partial charge in [0.2, 0.25) is 17.7 Å². The highest BCUT2D eigenvalue weighted by Gasteiger charge is 2.47. The van der Waals surface area contributed by atoms with Crippen LogP contribution < -0.4 is 15.4 Å². The number of pyridine rings is 1. The Labute approximate surface area is 174 Å². The van der Waals surface area contributed by atoms with Gasteiger partial charge in [0.15, 0.2) is 5.82 Å². The lowest BCUT2D eigenvalue weighted by molar-refractivity contribution is -0.153. The first-order valence-corrected chi connectivity index (χ1v) is 9.76. The molecule has 4 rings (SSSR count).